The van der Waals surface area contributed by atoms with E-state index in [0.717, 1.165) is 36.7 Å². The van der Waals surface area contributed by atoms with E-state index in [0.29, 0.717) is 5.92 Å². The molecule has 22 heavy (non-hydrogen) atoms. The third-order valence-corrected chi connectivity index (χ3v) is 5.21. The predicted octanol–water partition coefficient (Wildman–Crippen LogP) is 4.53. The van der Waals surface area contributed by atoms with Crippen LogP contribution in [0, 0.1) is 6.92 Å². The van der Waals surface area contributed by atoms with Gasteiger partial charge in [-0.05, 0) is 40.4 Å². The number of hydrogen-bond donors (Lipinski definition) is 1. The zero-order valence-corrected chi connectivity index (χ0v) is 14.8. The molecule has 0 aromatic carbocycles. The smallest absolute Gasteiger partial charge is 0.161 e. The molecular weight excluding hydrogens is 362 g/mol. The number of H-pyrrole nitrogens is 1. The fraction of sp³-hybridized carbons (Fsp3) is 0.267. The Morgan fingerprint density at radius 3 is 2.95 bits per heavy atom. The van der Waals surface area contributed by atoms with E-state index < -0.39 is 0 Å². The van der Waals surface area contributed by atoms with Gasteiger partial charge in [-0.2, -0.15) is 5.10 Å². The monoisotopic (exact) mass is 375 g/mol. The highest BCUT2D eigenvalue weighted by Gasteiger charge is 2.20. The lowest BCUT2D eigenvalue weighted by Gasteiger charge is -2.09. The van der Waals surface area contributed by atoms with Crippen molar-refractivity contribution in [2.45, 2.75) is 26.7 Å². The summed E-state index contributed by atoms with van der Waals surface area (Å²) in [5.41, 5.74) is 6.53. The van der Waals surface area contributed by atoms with Crippen LogP contribution in [0.3, 0.4) is 0 Å². The molecule has 0 spiro atoms. The van der Waals surface area contributed by atoms with Crippen LogP contribution in [0.25, 0.3) is 27.3 Å². The number of hydrogen-bond acceptors (Lipinski definition) is 4. The first-order chi connectivity index (χ1) is 10.5. The Balaban J connectivity index is 2.02. The first kappa shape index (κ1) is 13.9. The zero-order chi connectivity index (χ0) is 15.4. The molecule has 0 bridgehead atoms. The maximum Gasteiger partial charge on any atom is 0.161 e. The van der Waals surface area contributed by atoms with Crippen molar-refractivity contribution < 1.29 is 0 Å². The Labute approximate surface area is 139 Å². The van der Waals surface area contributed by atoms with Gasteiger partial charge in [0.15, 0.2) is 9.56 Å². The molecule has 0 amide bonds. The van der Waals surface area contributed by atoms with Crippen molar-refractivity contribution in [2.75, 3.05) is 0 Å². The minimum absolute atomic E-state index is 0.379. The topological polar surface area (TPSA) is 58.9 Å². The number of nitrogens with zero attached hydrogens (tertiary/aromatic N) is 4. The normalized spacial score (nSPS) is 12.0. The Morgan fingerprint density at radius 2 is 2.18 bits per heavy atom. The van der Waals surface area contributed by atoms with Crippen LogP contribution in [0.1, 0.15) is 30.9 Å². The zero-order valence-electron chi connectivity index (χ0n) is 12.4. The fourth-order valence-corrected chi connectivity index (χ4v) is 4.25. The third kappa shape index (κ3) is 1.99. The van der Waals surface area contributed by atoms with Crippen LogP contribution in [0.5, 0.6) is 0 Å². The molecule has 5 nitrogen and oxygen atoms in total. The molecule has 0 radical (unpaired) electrons. The van der Waals surface area contributed by atoms with Gasteiger partial charge in [0, 0.05) is 17.3 Å². The molecule has 0 aliphatic carbocycles. The Kier molecular flexibility index (Phi) is 3.09. The number of rotatable bonds is 2. The van der Waals surface area contributed by atoms with Crippen molar-refractivity contribution >= 4 is 43.3 Å². The summed E-state index contributed by atoms with van der Waals surface area (Å²) in [6, 6.07) is 2.15. The van der Waals surface area contributed by atoms with Gasteiger partial charge in [-0.25, -0.2) is 14.5 Å². The lowest BCUT2D eigenvalue weighted by atomic mass is 9.99. The van der Waals surface area contributed by atoms with Gasteiger partial charge in [0.2, 0.25) is 0 Å². The van der Waals surface area contributed by atoms with Gasteiger partial charge < -0.3 is 4.98 Å². The quantitative estimate of drug-likeness (QED) is 0.559. The van der Waals surface area contributed by atoms with E-state index in [1.165, 1.54) is 5.56 Å². The number of halogens is 1. The molecule has 112 valence electrons. The summed E-state index contributed by atoms with van der Waals surface area (Å²) >= 11 is 5.10. The highest BCUT2D eigenvalue weighted by atomic mass is 79.9. The molecule has 0 aliphatic rings. The maximum absolute atomic E-state index is 4.62. The van der Waals surface area contributed by atoms with Crippen LogP contribution in [0.15, 0.2) is 22.5 Å². The van der Waals surface area contributed by atoms with Crippen molar-refractivity contribution in [1.29, 1.82) is 0 Å². The van der Waals surface area contributed by atoms with Crippen LogP contribution in [0.2, 0.25) is 0 Å². The number of aromatic nitrogens is 5. The Bertz CT molecular complexity index is 994. The first-order valence-corrected chi connectivity index (χ1v) is 8.64. The third-order valence-electron chi connectivity index (χ3n) is 3.79. The van der Waals surface area contributed by atoms with E-state index >= 15 is 0 Å². The molecular formula is C15H14BrN5S. The number of aryl methyl sites for hydroxylation is 1. The van der Waals surface area contributed by atoms with Crippen molar-refractivity contribution in [1.82, 2.24) is 24.6 Å². The van der Waals surface area contributed by atoms with Crippen LogP contribution < -0.4 is 0 Å². The molecule has 0 saturated carbocycles. The van der Waals surface area contributed by atoms with Crippen LogP contribution in [-0.2, 0) is 0 Å². The highest BCUT2D eigenvalue weighted by molar-refractivity contribution is 9.11. The summed E-state index contributed by atoms with van der Waals surface area (Å²) in [4.78, 5) is 13.5. The molecule has 4 aromatic rings. The SMILES string of the molecule is Cc1cc(-c2[nH]c3sc(Br)nc3c2C(C)C)cn2ncnc12. The second-order valence-electron chi connectivity index (χ2n) is 5.65. The largest absolute Gasteiger partial charge is 0.345 e. The van der Waals surface area contributed by atoms with Gasteiger partial charge in [-0.1, -0.05) is 25.2 Å². The molecule has 0 unspecified atom stereocenters. The van der Waals surface area contributed by atoms with Crippen LogP contribution in [-0.4, -0.2) is 24.6 Å². The molecule has 0 atom stereocenters. The molecule has 1 N–H and O–H groups in total. The number of nitrogens with one attached hydrogen (secondary N) is 1. The standard InChI is InChI=1S/C15H14BrN5S/c1-7(2)10-11(19-14-12(10)20-15(16)22-14)9-4-8(3)13-17-6-18-21(13)5-9/h4-7,19H,1-3H3. The van der Waals surface area contributed by atoms with Gasteiger partial charge in [0.1, 0.15) is 16.7 Å². The second kappa shape index (κ2) is 4.89. The van der Waals surface area contributed by atoms with Crippen LogP contribution >= 0.6 is 27.3 Å². The van der Waals surface area contributed by atoms with E-state index in [2.05, 4.69) is 62.8 Å². The van der Waals surface area contributed by atoms with Gasteiger partial charge >= 0.3 is 0 Å². The number of aromatic amines is 1. The summed E-state index contributed by atoms with van der Waals surface area (Å²) < 4.78 is 2.73. The summed E-state index contributed by atoms with van der Waals surface area (Å²) in [6.45, 7) is 6.45. The lowest BCUT2D eigenvalue weighted by molar-refractivity contribution is 0.874. The molecule has 4 aromatic heterocycles. The van der Waals surface area contributed by atoms with Crippen molar-refractivity contribution in [3.8, 4) is 11.3 Å². The molecule has 4 rings (SSSR count). The maximum atomic E-state index is 4.62. The van der Waals surface area contributed by atoms with E-state index in [1.807, 2.05) is 10.7 Å². The van der Waals surface area contributed by atoms with E-state index in [9.17, 15) is 0 Å². The molecule has 4 heterocycles. The van der Waals surface area contributed by atoms with E-state index in [1.54, 1.807) is 17.7 Å². The van der Waals surface area contributed by atoms with Crippen molar-refractivity contribution in [2.24, 2.45) is 0 Å². The minimum Gasteiger partial charge on any atom is -0.345 e. The van der Waals surface area contributed by atoms with Crippen LogP contribution in [0.4, 0.5) is 0 Å². The number of pyridine rings is 1. The molecule has 7 heteroatoms. The first-order valence-electron chi connectivity index (χ1n) is 7.03. The molecule has 0 fully saturated rings. The average Bonchev–Trinajstić information content (AvgIpc) is 3.10. The number of thiazole rings is 1. The summed E-state index contributed by atoms with van der Waals surface area (Å²) in [5.74, 6) is 0.379. The van der Waals surface area contributed by atoms with E-state index in [4.69, 9.17) is 0 Å². The predicted molar refractivity (Wildman–Crippen MR) is 92.5 cm³/mol. The van der Waals surface area contributed by atoms with Crippen molar-refractivity contribution in [3.05, 3.63) is 33.6 Å². The van der Waals surface area contributed by atoms with Gasteiger partial charge in [-0.15, -0.1) is 0 Å². The number of fused-ring (bicyclic) bond motifs is 2. The Hall–Kier alpha value is -1.73. The lowest BCUT2D eigenvalue weighted by Crippen LogP contribution is -1.96. The fourth-order valence-electron chi connectivity index (χ4n) is 2.88. The average molecular weight is 376 g/mol. The second-order valence-corrected chi connectivity index (χ2v) is 7.93. The molecule has 0 saturated heterocycles. The van der Waals surface area contributed by atoms with E-state index in [-0.39, 0.29) is 0 Å². The van der Waals surface area contributed by atoms with Gasteiger partial charge in [0.05, 0.1) is 5.69 Å². The Morgan fingerprint density at radius 1 is 1.36 bits per heavy atom. The van der Waals surface area contributed by atoms with Crippen molar-refractivity contribution in [3.63, 3.8) is 0 Å². The summed E-state index contributed by atoms with van der Waals surface area (Å²) in [7, 11) is 0. The summed E-state index contributed by atoms with van der Waals surface area (Å²) in [6.07, 6.45) is 3.60. The molecule has 0 aliphatic heterocycles. The highest BCUT2D eigenvalue weighted by Crippen LogP contribution is 2.38. The van der Waals surface area contributed by atoms with Gasteiger partial charge in [0.25, 0.3) is 0 Å². The summed E-state index contributed by atoms with van der Waals surface area (Å²) in [5, 5.41) is 4.27. The minimum atomic E-state index is 0.379. The van der Waals surface area contributed by atoms with Gasteiger partial charge in [-0.3, -0.25) is 0 Å².